The molecule has 1 aliphatic carbocycles. The van der Waals surface area contributed by atoms with Crippen LogP contribution in [0.5, 0.6) is 0 Å². The Balaban J connectivity index is 1.60. The molecule has 0 unspecified atom stereocenters. The summed E-state index contributed by atoms with van der Waals surface area (Å²) in [6.07, 6.45) is 6.34. The van der Waals surface area contributed by atoms with Crippen LogP contribution in [0, 0.1) is 5.92 Å². The van der Waals surface area contributed by atoms with E-state index >= 15 is 0 Å². The predicted molar refractivity (Wildman–Crippen MR) is 98.7 cm³/mol. The Hall–Kier alpha value is -1.85. The van der Waals surface area contributed by atoms with Crippen molar-refractivity contribution in [2.24, 2.45) is 5.92 Å². The molecule has 1 N–H and O–H groups in total. The lowest BCUT2D eigenvalue weighted by Crippen LogP contribution is -2.38. The monoisotopic (exact) mass is 343 g/mol. The first-order chi connectivity index (χ1) is 12.1. The van der Waals surface area contributed by atoms with Crippen molar-refractivity contribution in [3.63, 3.8) is 0 Å². The zero-order valence-corrected chi connectivity index (χ0v) is 15.4. The Kier molecular flexibility index (Phi) is 4.52. The van der Waals surface area contributed by atoms with Crippen LogP contribution in [0.15, 0.2) is 0 Å². The third-order valence-electron chi connectivity index (χ3n) is 5.29. The summed E-state index contributed by atoms with van der Waals surface area (Å²) in [5.41, 5.74) is 2.27. The number of nitrogens with one attached hydrogen (secondary N) is 1. The minimum Gasteiger partial charge on any atom is -0.367 e. The molecular weight excluding hydrogens is 314 g/mol. The number of carbonyl (C=O) groups excluding carboxylic acids is 1. The number of aromatic nitrogens is 2. The summed E-state index contributed by atoms with van der Waals surface area (Å²) in [5.74, 6) is 2.49. The van der Waals surface area contributed by atoms with Gasteiger partial charge in [0.1, 0.15) is 5.82 Å². The number of hydrogen-bond acceptors (Lipinski definition) is 5. The normalized spacial score (nSPS) is 20.1. The minimum atomic E-state index is 0.252. The summed E-state index contributed by atoms with van der Waals surface area (Å²) in [5, 5.41) is 3.59. The van der Waals surface area contributed by atoms with Crippen LogP contribution in [0.3, 0.4) is 0 Å². The second-order valence-electron chi connectivity index (χ2n) is 8.07. The third-order valence-corrected chi connectivity index (χ3v) is 5.29. The van der Waals surface area contributed by atoms with Gasteiger partial charge in [-0.2, -0.15) is 4.98 Å². The maximum atomic E-state index is 12.5. The first-order valence-corrected chi connectivity index (χ1v) is 9.79. The van der Waals surface area contributed by atoms with Crippen LogP contribution in [-0.4, -0.2) is 46.5 Å². The number of nitrogens with zero attached hydrogens (tertiary/aromatic N) is 4. The van der Waals surface area contributed by atoms with Gasteiger partial charge in [0.05, 0.1) is 12.2 Å². The molecule has 2 aliphatic heterocycles. The molecule has 3 aliphatic rings. The standard InChI is InChI=1S/C19H29N5O/c1-13(2)11-17(25)24-10-7-16-15(12-24)18(20-14-5-6-14)22-19(21-16)23-8-3-4-9-23/h13-14H,3-12H2,1-2H3,(H,20,21,22). The zero-order chi connectivity index (χ0) is 17.4. The molecule has 6 heteroatoms. The second kappa shape index (κ2) is 6.81. The van der Waals surface area contributed by atoms with Crippen LogP contribution in [0.4, 0.5) is 11.8 Å². The summed E-state index contributed by atoms with van der Waals surface area (Å²) >= 11 is 0. The molecule has 6 nitrogen and oxygen atoms in total. The van der Waals surface area contributed by atoms with E-state index in [1.807, 2.05) is 4.90 Å². The molecule has 0 atom stereocenters. The molecule has 1 aromatic heterocycles. The summed E-state index contributed by atoms with van der Waals surface area (Å²) in [6.45, 7) is 7.73. The molecule has 1 aromatic rings. The predicted octanol–water partition coefficient (Wildman–Crippen LogP) is 2.58. The summed E-state index contributed by atoms with van der Waals surface area (Å²) in [7, 11) is 0. The molecule has 2 fully saturated rings. The van der Waals surface area contributed by atoms with Crippen molar-refractivity contribution >= 4 is 17.7 Å². The van der Waals surface area contributed by atoms with E-state index in [0.29, 0.717) is 24.9 Å². The molecular formula is C19H29N5O. The number of anilines is 2. The Labute approximate surface area is 150 Å². The van der Waals surface area contributed by atoms with Gasteiger partial charge in [-0.1, -0.05) is 13.8 Å². The van der Waals surface area contributed by atoms with Crippen LogP contribution < -0.4 is 10.2 Å². The quantitative estimate of drug-likeness (QED) is 0.890. The Morgan fingerprint density at radius 2 is 1.96 bits per heavy atom. The topological polar surface area (TPSA) is 61.4 Å². The third kappa shape index (κ3) is 3.72. The number of rotatable bonds is 5. The summed E-state index contributed by atoms with van der Waals surface area (Å²) in [4.78, 5) is 26.5. The van der Waals surface area contributed by atoms with Gasteiger partial charge >= 0.3 is 0 Å². The fourth-order valence-corrected chi connectivity index (χ4v) is 3.69. The van der Waals surface area contributed by atoms with Gasteiger partial charge in [-0.25, -0.2) is 4.98 Å². The van der Waals surface area contributed by atoms with Gasteiger partial charge in [-0.3, -0.25) is 4.79 Å². The van der Waals surface area contributed by atoms with Gasteiger partial charge in [0.2, 0.25) is 11.9 Å². The highest BCUT2D eigenvalue weighted by atomic mass is 16.2. The van der Waals surface area contributed by atoms with Gasteiger partial charge in [0, 0.05) is 44.1 Å². The molecule has 4 rings (SSSR count). The maximum Gasteiger partial charge on any atom is 0.227 e. The van der Waals surface area contributed by atoms with Crippen molar-refractivity contribution in [1.29, 1.82) is 0 Å². The van der Waals surface area contributed by atoms with Crippen LogP contribution in [0.25, 0.3) is 0 Å². The number of amides is 1. The fourth-order valence-electron chi connectivity index (χ4n) is 3.69. The zero-order valence-electron chi connectivity index (χ0n) is 15.4. The lowest BCUT2D eigenvalue weighted by Gasteiger charge is -2.31. The van der Waals surface area contributed by atoms with E-state index in [0.717, 1.165) is 49.1 Å². The van der Waals surface area contributed by atoms with Crippen molar-refractivity contribution < 1.29 is 4.79 Å². The highest BCUT2D eigenvalue weighted by molar-refractivity contribution is 5.77. The highest BCUT2D eigenvalue weighted by Crippen LogP contribution is 2.32. The van der Waals surface area contributed by atoms with E-state index in [1.54, 1.807) is 0 Å². The van der Waals surface area contributed by atoms with Crippen LogP contribution in [-0.2, 0) is 17.8 Å². The summed E-state index contributed by atoms with van der Waals surface area (Å²) in [6, 6.07) is 0.548. The Morgan fingerprint density at radius 1 is 1.20 bits per heavy atom. The van der Waals surface area contributed by atoms with Gasteiger partial charge < -0.3 is 15.1 Å². The molecule has 25 heavy (non-hydrogen) atoms. The van der Waals surface area contributed by atoms with Crippen LogP contribution in [0.2, 0.25) is 0 Å². The van der Waals surface area contributed by atoms with E-state index in [-0.39, 0.29) is 5.91 Å². The molecule has 1 saturated carbocycles. The SMILES string of the molecule is CC(C)CC(=O)N1CCc2nc(N3CCCC3)nc(NC3CC3)c2C1. The lowest BCUT2D eigenvalue weighted by atomic mass is 10.0. The van der Waals surface area contributed by atoms with Crippen molar-refractivity contribution in [2.45, 2.75) is 65.0 Å². The van der Waals surface area contributed by atoms with E-state index in [1.165, 1.54) is 25.7 Å². The smallest absolute Gasteiger partial charge is 0.227 e. The van der Waals surface area contributed by atoms with Crippen molar-refractivity contribution in [1.82, 2.24) is 14.9 Å². The van der Waals surface area contributed by atoms with Crippen molar-refractivity contribution in [3.8, 4) is 0 Å². The lowest BCUT2D eigenvalue weighted by molar-refractivity contribution is -0.132. The van der Waals surface area contributed by atoms with Crippen LogP contribution in [0.1, 0.15) is 57.2 Å². The number of fused-ring (bicyclic) bond motifs is 1. The molecule has 0 aromatic carbocycles. The van der Waals surface area contributed by atoms with E-state index in [9.17, 15) is 4.79 Å². The molecule has 1 amide bonds. The van der Waals surface area contributed by atoms with Gasteiger partial charge in [0.15, 0.2) is 0 Å². The molecule has 136 valence electrons. The highest BCUT2D eigenvalue weighted by Gasteiger charge is 2.30. The maximum absolute atomic E-state index is 12.5. The molecule has 0 spiro atoms. The average molecular weight is 343 g/mol. The minimum absolute atomic E-state index is 0.252. The Morgan fingerprint density at radius 3 is 2.64 bits per heavy atom. The van der Waals surface area contributed by atoms with Crippen molar-refractivity contribution in [3.05, 3.63) is 11.3 Å². The molecule has 1 saturated heterocycles. The number of carbonyl (C=O) groups is 1. The first kappa shape index (κ1) is 16.6. The summed E-state index contributed by atoms with van der Waals surface area (Å²) < 4.78 is 0. The number of hydrogen-bond donors (Lipinski definition) is 1. The van der Waals surface area contributed by atoms with Gasteiger partial charge in [0.25, 0.3) is 0 Å². The van der Waals surface area contributed by atoms with E-state index in [4.69, 9.17) is 9.97 Å². The largest absolute Gasteiger partial charge is 0.367 e. The van der Waals surface area contributed by atoms with Gasteiger partial charge in [-0.05, 0) is 31.6 Å². The van der Waals surface area contributed by atoms with E-state index in [2.05, 4.69) is 24.1 Å². The fraction of sp³-hybridized carbons (Fsp3) is 0.737. The van der Waals surface area contributed by atoms with Gasteiger partial charge in [-0.15, -0.1) is 0 Å². The second-order valence-corrected chi connectivity index (χ2v) is 8.07. The molecule has 0 bridgehead atoms. The first-order valence-electron chi connectivity index (χ1n) is 9.79. The molecule has 0 radical (unpaired) electrons. The van der Waals surface area contributed by atoms with E-state index < -0.39 is 0 Å². The Bertz CT molecular complexity index is 649. The van der Waals surface area contributed by atoms with Crippen molar-refractivity contribution in [2.75, 3.05) is 29.9 Å². The van der Waals surface area contributed by atoms with Crippen LogP contribution >= 0.6 is 0 Å². The molecule has 3 heterocycles. The average Bonchev–Trinajstić information content (AvgIpc) is 3.23.